The second-order valence-electron chi connectivity index (χ2n) is 4.15. The van der Waals surface area contributed by atoms with Crippen LogP contribution in [0, 0.1) is 0 Å². The molecule has 0 aromatic heterocycles. The van der Waals surface area contributed by atoms with Gasteiger partial charge in [-0.2, -0.15) is 0 Å². The van der Waals surface area contributed by atoms with E-state index in [0.29, 0.717) is 0 Å². The summed E-state index contributed by atoms with van der Waals surface area (Å²) in [6.07, 6.45) is 3.04. The summed E-state index contributed by atoms with van der Waals surface area (Å²) in [5.41, 5.74) is 3.10. The Labute approximate surface area is 96.4 Å². The topological polar surface area (TPSA) is 35.8 Å². The van der Waals surface area contributed by atoms with Crippen molar-refractivity contribution < 1.29 is 5.21 Å². The van der Waals surface area contributed by atoms with Crippen LogP contribution in [0.25, 0.3) is 0 Å². The van der Waals surface area contributed by atoms with Gasteiger partial charge in [-0.1, -0.05) is 30.3 Å². The molecule has 1 aromatic carbocycles. The van der Waals surface area contributed by atoms with E-state index in [-0.39, 0.29) is 0 Å². The third-order valence-corrected chi connectivity index (χ3v) is 3.01. The monoisotopic (exact) mass is 218 g/mol. The lowest BCUT2D eigenvalue weighted by molar-refractivity contribution is 0.318. The zero-order valence-electron chi connectivity index (χ0n) is 9.69. The number of rotatable bonds is 2. The summed E-state index contributed by atoms with van der Waals surface area (Å²) in [5, 5.41) is 12.5. The molecule has 3 heteroatoms. The van der Waals surface area contributed by atoms with Gasteiger partial charge in [0.15, 0.2) is 0 Å². The van der Waals surface area contributed by atoms with Crippen LogP contribution in [0.15, 0.2) is 29.4 Å². The number of hydrogen-bond acceptors (Lipinski definition) is 3. The fourth-order valence-electron chi connectivity index (χ4n) is 2.29. The van der Waals surface area contributed by atoms with Crippen molar-refractivity contribution in [1.82, 2.24) is 0 Å². The van der Waals surface area contributed by atoms with Gasteiger partial charge in [0, 0.05) is 24.3 Å². The SMILES string of the molecule is CCCN1CCC/C(=N/O)c2ccccc21. The van der Waals surface area contributed by atoms with Gasteiger partial charge in [0.2, 0.25) is 0 Å². The van der Waals surface area contributed by atoms with Crippen LogP contribution in [0.2, 0.25) is 0 Å². The van der Waals surface area contributed by atoms with E-state index >= 15 is 0 Å². The van der Waals surface area contributed by atoms with Crippen molar-refractivity contribution in [3.05, 3.63) is 29.8 Å². The van der Waals surface area contributed by atoms with Gasteiger partial charge in [-0.05, 0) is 25.3 Å². The first-order valence-electron chi connectivity index (χ1n) is 5.92. The van der Waals surface area contributed by atoms with Crippen LogP contribution in [-0.4, -0.2) is 24.0 Å². The maximum absolute atomic E-state index is 9.05. The fourth-order valence-corrected chi connectivity index (χ4v) is 2.29. The summed E-state index contributed by atoms with van der Waals surface area (Å²) in [6.45, 7) is 4.30. The Morgan fingerprint density at radius 3 is 2.94 bits per heavy atom. The molecule has 0 saturated carbocycles. The zero-order chi connectivity index (χ0) is 11.4. The summed E-state index contributed by atoms with van der Waals surface area (Å²) in [7, 11) is 0. The van der Waals surface area contributed by atoms with E-state index in [4.69, 9.17) is 5.21 Å². The third kappa shape index (κ3) is 2.03. The third-order valence-electron chi connectivity index (χ3n) is 3.01. The highest BCUT2D eigenvalue weighted by Gasteiger charge is 2.18. The molecule has 1 N–H and O–H groups in total. The highest BCUT2D eigenvalue weighted by Crippen LogP contribution is 2.26. The van der Waals surface area contributed by atoms with Gasteiger partial charge in [-0.15, -0.1) is 0 Å². The average Bonchev–Trinajstić information content (AvgIpc) is 2.50. The standard InChI is InChI=1S/C13H18N2O/c1-2-9-15-10-5-7-12(14-16)11-6-3-4-8-13(11)15/h3-4,6,8,16H,2,5,7,9-10H2,1H3/b14-12-. The Hall–Kier alpha value is -1.51. The molecule has 0 saturated heterocycles. The van der Waals surface area contributed by atoms with Gasteiger partial charge in [-0.25, -0.2) is 0 Å². The normalized spacial score (nSPS) is 18.3. The van der Waals surface area contributed by atoms with E-state index in [9.17, 15) is 0 Å². The summed E-state index contributed by atoms with van der Waals surface area (Å²) in [6, 6.07) is 8.20. The van der Waals surface area contributed by atoms with Crippen LogP contribution in [-0.2, 0) is 0 Å². The molecule has 0 radical (unpaired) electrons. The Kier molecular flexibility index (Phi) is 3.44. The van der Waals surface area contributed by atoms with Gasteiger partial charge in [0.1, 0.15) is 0 Å². The lowest BCUT2D eigenvalue weighted by atomic mass is 10.1. The largest absolute Gasteiger partial charge is 0.411 e. The minimum absolute atomic E-state index is 0.814. The molecule has 1 aliphatic heterocycles. The fraction of sp³-hybridized carbons (Fsp3) is 0.462. The molecule has 0 spiro atoms. The molecule has 16 heavy (non-hydrogen) atoms. The first-order valence-corrected chi connectivity index (χ1v) is 5.92. The van der Waals surface area contributed by atoms with Gasteiger partial charge in [0.25, 0.3) is 0 Å². The molecule has 2 rings (SSSR count). The molecule has 0 aliphatic carbocycles. The van der Waals surface area contributed by atoms with E-state index in [2.05, 4.69) is 23.0 Å². The van der Waals surface area contributed by atoms with Gasteiger partial charge in [0.05, 0.1) is 5.71 Å². The smallest absolute Gasteiger partial charge is 0.0889 e. The van der Waals surface area contributed by atoms with Crippen molar-refractivity contribution in [2.24, 2.45) is 5.16 Å². The molecule has 1 aromatic rings. The molecule has 0 atom stereocenters. The van der Waals surface area contributed by atoms with Crippen LogP contribution in [0.4, 0.5) is 5.69 Å². The number of fused-ring (bicyclic) bond motifs is 1. The quantitative estimate of drug-likeness (QED) is 0.612. The highest BCUT2D eigenvalue weighted by atomic mass is 16.4. The molecule has 0 bridgehead atoms. The second kappa shape index (κ2) is 5.01. The molecule has 86 valence electrons. The van der Waals surface area contributed by atoms with Gasteiger partial charge in [-0.3, -0.25) is 0 Å². The minimum Gasteiger partial charge on any atom is -0.411 e. The van der Waals surface area contributed by atoms with Gasteiger partial charge >= 0.3 is 0 Å². The van der Waals surface area contributed by atoms with Crippen LogP contribution >= 0.6 is 0 Å². The predicted octanol–water partition coefficient (Wildman–Crippen LogP) is 2.88. The van der Waals surface area contributed by atoms with Crippen LogP contribution in [0.1, 0.15) is 31.7 Å². The van der Waals surface area contributed by atoms with E-state index in [1.165, 1.54) is 5.69 Å². The number of hydrogen-bond donors (Lipinski definition) is 1. The van der Waals surface area contributed by atoms with Crippen molar-refractivity contribution in [1.29, 1.82) is 0 Å². The molecule has 0 unspecified atom stereocenters. The Balaban J connectivity index is 2.42. The maximum atomic E-state index is 9.05. The number of anilines is 1. The lowest BCUT2D eigenvalue weighted by Crippen LogP contribution is -2.24. The number of nitrogens with zero attached hydrogens (tertiary/aromatic N) is 2. The Morgan fingerprint density at radius 1 is 1.38 bits per heavy atom. The van der Waals surface area contributed by atoms with Crippen molar-refractivity contribution in [3.8, 4) is 0 Å². The minimum atomic E-state index is 0.814. The van der Waals surface area contributed by atoms with E-state index in [1.807, 2.05) is 18.2 Å². The molecule has 1 heterocycles. The zero-order valence-corrected chi connectivity index (χ0v) is 9.69. The number of benzene rings is 1. The van der Waals surface area contributed by atoms with Crippen molar-refractivity contribution in [2.45, 2.75) is 26.2 Å². The molecule has 0 fully saturated rings. The van der Waals surface area contributed by atoms with Crippen molar-refractivity contribution >= 4 is 11.4 Å². The summed E-state index contributed by atoms with van der Waals surface area (Å²) in [4.78, 5) is 2.38. The maximum Gasteiger partial charge on any atom is 0.0889 e. The van der Waals surface area contributed by atoms with Crippen molar-refractivity contribution in [2.75, 3.05) is 18.0 Å². The lowest BCUT2D eigenvalue weighted by Gasteiger charge is -2.23. The van der Waals surface area contributed by atoms with Crippen LogP contribution in [0.3, 0.4) is 0 Å². The van der Waals surface area contributed by atoms with E-state index < -0.39 is 0 Å². The molecular weight excluding hydrogens is 200 g/mol. The van der Waals surface area contributed by atoms with Crippen LogP contribution < -0.4 is 4.90 Å². The van der Waals surface area contributed by atoms with Gasteiger partial charge < -0.3 is 10.1 Å². The average molecular weight is 218 g/mol. The first-order chi connectivity index (χ1) is 7.86. The summed E-state index contributed by atoms with van der Waals surface area (Å²) < 4.78 is 0. The Morgan fingerprint density at radius 2 is 2.19 bits per heavy atom. The van der Waals surface area contributed by atoms with E-state index in [1.54, 1.807) is 0 Å². The molecule has 3 nitrogen and oxygen atoms in total. The van der Waals surface area contributed by atoms with Crippen molar-refractivity contribution in [3.63, 3.8) is 0 Å². The van der Waals surface area contributed by atoms with E-state index in [0.717, 1.165) is 43.6 Å². The number of para-hydroxylation sites is 1. The second-order valence-corrected chi connectivity index (χ2v) is 4.15. The number of oxime groups is 1. The molecule has 1 aliphatic rings. The first kappa shape index (κ1) is 11.0. The summed E-state index contributed by atoms with van der Waals surface area (Å²) in [5.74, 6) is 0. The molecular formula is C13H18N2O. The Bertz CT molecular complexity index is 387. The van der Waals surface area contributed by atoms with Crippen LogP contribution in [0.5, 0.6) is 0 Å². The predicted molar refractivity (Wildman–Crippen MR) is 66.5 cm³/mol. The summed E-state index contributed by atoms with van der Waals surface area (Å²) >= 11 is 0. The molecule has 0 amide bonds. The highest BCUT2D eigenvalue weighted by molar-refractivity contribution is 6.05.